The zero-order chi connectivity index (χ0) is 13.1. The van der Waals surface area contributed by atoms with E-state index < -0.39 is 11.1 Å². The first kappa shape index (κ1) is 12.6. The number of aromatic nitrogens is 2. The van der Waals surface area contributed by atoms with Gasteiger partial charge in [-0.1, -0.05) is 0 Å². The Morgan fingerprint density at radius 3 is 3.00 bits per heavy atom. The summed E-state index contributed by atoms with van der Waals surface area (Å²) < 4.78 is 6.35. The fraction of sp³-hybridized carbons (Fsp3) is 0.545. The molecule has 98 valence electrons. The number of carbonyl (C=O) groups excluding carboxylic acids is 1. The van der Waals surface area contributed by atoms with Crippen LogP contribution in [0.25, 0.3) is 0 Å². The zero-order valence-electron chi connectivity index (χ0n) is 10.1. The molecule has 1 saturated heterocycles. The number of nitrogens with zero attached hydrogens (tertiary/aromatic N) is 2. The quantitative estimate of drug-likeness (QED) is 0.716. The molecule has 7 heteroatoms. The molecule has 1 aromatic heterocycles. The maximum Gasteiger partial charge on any atom is 0.265 e. The first-order valence-electron chi connectivity index (χ1n) is 5.76. The SMILES string of the molecule is C[C@H]1CN(C(=O)Cn2[nH]c(=O)ccc2=O)CCO1. The predicted molar refractivity (Wildman–Crippen MR) is 63.3 cm³/mol. The van der Waals surface area contributed by atoms with Crippen molar-refractivity contribution in [2.24, 2.45) is 0 Å². The highest BCUT2D eigenvalue weighted by molar-refractivity contribution is 5.76. The van der Waals surface area contributed by atoms with Gasteiger partial charge in [0.2, 0.25) is 5.91 Å². The van der Waals surface area contributed by atoms with Crippen LogP contribution < -0.4 is 11.1 Å². The Labute approximate surface area is 103 Å². The molecule has 18 heavy (non-hydrogen) atoms. The van der Waals surface area contributed by atoms with Crippen LogP contribution in [0.1, 0.15) is 6.92 Å². The van der Waals surface area contributed by atoms with Gasteiger partial charge in [0, 0.05) is 25.2 Å². The lowest BCUT2D eigenvalue weighted by Gasteiger charge is -2.31. The smallest absolute Gasteiger partial charge is 0.265 e. The molecule has 1 atom stereocenters. The van der Waals surface area contributed by atoms with Crippen molar-refractivity contribution in [3.05, 3.63) is 32.8 Å². The Bertz CT molecular complexity index is 548. The second-order valence-electron chi connectivity index (χ2n) is 4.25. The molecule has 1 fully saturated rings. The van der Waals surface area contributed by atoms with E-state index in [4.69, 9.17) is 4.74 Å². The first-order valence-corrected chi connectivity index (χ1v) is 5.76. The minimum Gasteiger partial charge on any atom is -0.375 e. The third-order valence-corrected chi connectivity index (χ3v) is 2.78. The lowest BCUT2D eigenvalue weighted by atomic mass is 10.3. The average molecular weight is 253 g/mol. The monoisotopic (exact) mass is 253 g/mol. The van der Waals surface area contributed by atoms with Gasteiger partial charge in [0.25, 0.3) is 11.1 Å². The molecular weight excluding hydrogens is 238 g/mol. The number of aromatic amines is 1. The van der Waals surface area contributed by atoms with Gasteiger partial charge in [0.15, 0.2) is 0 Å². The molecule has 0 spiro atoms. The fourth-order valence-corrected chi connectivity index (χ4v) is 1.86. The Hall–Kier alpha value is -1.89. The predicted octanol–water partition coefficient (Wildman–Crippen LogP) is -1.22. The normalized spacial score (nSPS) is 19.8. The highest BCUT2D eigenvalue weighted by Crippen LogP contribution is 2.04. The minimum absolute atomic E-state index is 0.00533. The van der Waals surface area contributed by atoms with Crippen LogP contribution in [0.4, 0.5) is 0 Å². The number of rotatable bonds is 2. The van der Waals surface area contributed by atoms with E-state index >= 15 is 0 Å². The summed E-state index contributed by atoms with van der Waals surface area (Å²) in [5, 5.41) is 2.33. The molecule has 0 radical (unpaired) electrons. The van der Waals surface area contributed by atoms with Gasteiger partial charge in [0.05, 0.1) is 12.7 Å². The number of amides is 1. The second-order valence-corrected chi connectivity index (χ2v) is 4.25. The van der Waals surface area contributed by atoms with Gasteiger partial charge in [-0.2, -0.15) is 0 Å². The highest BCUT2D eigenvalue weighted by atomic mass is 16.5. The molecule has 1 aliphatic rings. The zero-order valence-corrected chi connectivity index (χ0v) is 10.1. The van der Waals surface area contributed by atoms with Crippen molar-refractivity contribution in [3.8, 4) is 0 Å². The van der Waals surface area contributed by atoms with Crippen molar-refractivity contribution in [2.45, 2.75) is 19.6 Å². The van der Waals surface area contributed by atoms with Crippen molar-refractivity contribution < 1.29 is 9.53 Å². The van der Waals surface area contributed by atoms with Crippen LogP contribution in [-0.2, 0) is 16.1 Å². The summed E-state index contributed by atoms with van der Waals surface area (Å²) in [5.74, 6) is -0.200. The largest absolute Gasteiger partial charge is 0.375 e. The molecule has 1 aromatic rings. The van der Waals surface area contributed by atoms with Crippen LogP contribution in [0.5, 0.6) is 0 Å². The third-order valence-electron chi connectivity index (χ3n) is 2.78. The van der Waals surface area contributed by atoms with Crippen LogP contribution >= 0.6 is 0 Å². The summed E-state index contributed by atoms with van der Waals surface area (Å²) in [4.78, 5) is 36.1. The van der Waals surface area contributed by atoms with Gasteiger partial charge in [-0.3, -0.25) is 19.5 Å². The molecule has 1 amide bonds. The number of hydrogen-bond acceptors (Lipinski definition) is 4. The van der Waals surface area contributed by atoms with Crippen molar-refractivity contribution in [3.63, 3.8) is 0 Å². The molecular formula is C11H15N3O4. The molecule has 0 unspecified atom stereocenters. The third kappa shape index (κ3) is 2.86. The molecule has 2 heterocycles. The number of carbonyl (C=O) groups is 1. The molecule has 0 aromatic carbocycles. The maximum absolute atomic E-state index is 12.0. The molecule has 1 aliphatic heterocycles. The van der Waals surface area contributed by atoms with Crippen LogP contribution in [0, 0.1) is 0 Å². The van der Waals surface area contributed by atoms with Crippen LogP contribution in [0.2, 0.25) is 0 Å². The summed E-state index contributed by atoms with van der Waals surface area (Å²) >= 11 is 0. The number of H-pyrrole nitrogens is 1. The van der Waals surface area contributed by atoms with Crippen LogP contribution in [0.3, 0.4) is 0 Å². The molecule has 0 aliphatic carbocycles. The molecule has 0 saturated carbocycles. The lowest BCUT2D eigenvalue weighted by molar-refractivity contribution is -0.139. The van der Waals surface area contributed by atoms with Crippen molar-refractivity contribution >= 4 is 5.91 Å². The number of ether oxygens (including phenoxy) is 1. The van der Waals surface area contributed by atoms with E-state index in [9.17, 15) is 14.4 Å². The van der Waals surface area contributed by atoms with Gasteiger partial charge >= 0.3 is 0 Å². The van der Waals surface area contributed by atoms with E-state index in [0.29, 0.717) is 19.7 Å². The Morgan fingerprint density at radius 2 is 2.28 bits per heavy atom. The van der Waals surface area contributed by atoms with E-state index in [1.807, 2.05) is 6.92 Å². The lowest BCUT2D eigenvalue weighted by Crippen LogP contribution is -2.47. The summed E-state index contributed by atoms with van der Waals surface area (Å²) in [6, 6.07) is 2.29. The number of nitrogens with one attached hydrogen (secondary N) is 1. The van der Waals surface area contributed by atoms with Gasteiger partial charge in [0.1, 0.15) is 6.54 Å². The van der Waals surface area contributed by atoms with E-state index in [-0.39, 0.29) is 18.6 Å². The first-order chi connectivity index (χ1) is 8.56. The van der Waals surface area contributed by atoms with E-state index in [0.717, 1.165) is 16.8 Å². The number of hydrogen-bond donors (Lipinski definition) is 1. The van der Waals surface area contributed by atoms with Crippen LogP contribution in [0.15, 0.2) is 21.7 Å². The van der Waals surface area contributed by atoms with Gasteiger partial charge < -0.3 is 9.64 Å². The molecule has 2 rings (SSSR count). The summed E-state index contributed by atoms with van der Waals surface area (Å²) in [6.07, 6.45) is -0.00533. The Morgan fingerprint density at radius 1 is 1.50 bits per heavy atom. The van der Waals surface area contributed by atoms with Crippen LogP contribution in [-0.4, -0.2) is 46.4 Å². The Kier molecular flexibility index (Phi) is 3.61. The van der Waals surface area contributed by atoms with Gasteiger partial charge in [-0.25, -0.2) is 4.68 Å². The van der Waals surface area contributed by atoms with Crippen molar-refractivity contribution in [1.29, 1.82) is 0 Å². The van der Waals surface area contributed by atoms with E-state index in [1.165, 1.54) is 0 Å². The molecule has 7 nitrogen and oxygen atoms in total. The summed E-state index contributed by atoms with van der Waals surface area (Å²) in [6.45, 7) is 3.24. The van der Waals surface area contributed by atoms with E-state index in [1.54, 1.807) is 4.90 Å². The summed E-state index contributed by atoms with van der Waals surface area (Å²) in [7, 11) is 0. The topological polar surface area (TPSA) is 84.4 Å². The highest BCUT2D eigenvalue weighted by Gasteiger charge is 2.21. The Balaban J connectivity index is 2.09. The maximum atomic E-state index is 12.0. The van der Waals surface area contributed by atoms with Crippen molar-refractivity contribution in [1.82, 2.24) is 14.7 Å². The van der Waals surface area contributed by atoms with E-state index in [2.05, 4.69) is 5.10 Å². The second kappa shape index (κ2) is 5.18. The van der Waals surface area contributed by atoms with Gasteiger partial charge in [-0.05, 0) is 6.92 Å². The molecule has 0 bridgehead atoms. The standard InChI is InChI=1S/C11H15N3O4/c1-8-6-13(4-5-18-8)11(17)7-14-10(16)3-2-9(15)12-14/h2-3,8H,4-7H2,1H3,(H,12,15)/t8-/m0/s1. The van der Waals surface area contributed by atoms with Gasteiger partial charge in [-0.15, -0.1) is 0 Å². The minimum atomic E-state index is -0.405. The molecule has 1 N–H and O–H groups in total. The average Bonchev–Trinajstić information content (AvgIpc) is 2.34. The summed E-state index contributed by atoms with van der Waals surface area (Å²) in [5.41, 5.74) is -0.804. The number of morpholine rings is 1. The fourth-order valence-electron chi connectivity index (χ4n) is 1.86. The van der Waals surface area contributed by atoms with Crippen molar-refractivity contribution in [2.75, 3.05) is 19.7 Å².